The molecule has 1 aliphatic heterocycles. The van der Waals surface area contributed by atoms with Crippen molar-refractivity contribution in [1.82, 2.24) is 0 Å². The zero-order valence-corrected chi connectivity index (χ0v) is 13.6. The quantitative estimate of drug-likeness (QED) is 0.696. The average molecular weight is 310 g/mol. The second-order valence-electron chi connectivity index (χ2n) is 5.55. The van der Waals surface area contributed by atoms with Gasteiger partial charge in [0.2, 0.25) is 0 Å². The van der Waals surface area contributed by atoms with Crippen LogP contribution in [-0.2, 0) is 10.5 Å². The van der Waals surface area contributed by atoms with Gasteiger partial charge in [0.15, 0.2) is 0 Å². The Balaban J connectivity index is 1.84. The number of thioether (sulfide) groups is 2. The SMILES string of the molecule is C(=C1/CCc2ccccc2C12SCCS2)/c1ccccc1. The van der Waals surface area contributed by atoms with E-state index in [1.165, 1.54) is 29.9 Å². The van der Waals surface area contributed by atoms with Crippen LogP contribution in [0, 0.1) is 0 Å². The largest absolute Gasteiger partial charge is 0.134 e. The van der Waals surface area contributed by atoms with Gasteiger partial charge in [0.05, 0.1) is 0 Å². The van der Waals surface area contributed by atoms with Crippen molar-refractivity contribution >= 4 is 29.6 Å². The van der Waals surface area contributed by atoms with E-state index >= 15 is 0 Å². The predicted octanol–water partition coefficient (Wildman–Crippen LogP) is 5.35. The molecule has 21 heavy (non-hydrogen) atoms. The summed E-state index contributed by atoms with van der Waals surface area (Å²) in [4.78, 5) is 0. The highest BCUT2D eigenvalue weighted by Crippen LogP contribution is 2.60. The maximum absolute atomic E-state index is 2.43. The molecule has 0 aromatic heterocycles. The van der Waals surface area contributed by atoms with Gasteiger partial charge in [-0.1, -0.05) is 60.7 Å². The van der Waals surface area contributed by atoms with E-state index in [0.29, 0.717) is 0 Å². The summed E-state index contributed by atoms with van der Waals surface area (Å²) in [6.45, 7) is 0. The molecule has 0 nitrogen and oxygen atoms in total. The molecule has 1 fully saturated rings. The lowest BCUT2D eigenvalue weighted by atomic mass is 9.86. The van der Waals surface area contributed by atoms with Gasteiger partial charge in [0, 0.05) is 11.5 Å². The van der Waals surface area contributed by atoms with Gasteiger partial charge in [-0.2, -0.15) is 0 Å². The smallest absolute Gasteiger partial charge is 0.108 e. The van der Waals surface area contributed by atoms with Gasteiger partial charge in [-0.25, -0.2) is 0 Å². The number of benzene rings is 2. The molecule has 2 aliphatic rings. The van der Waals surface area contributed by atoms with Crippen LogP contribution in [0.4, 0.5) is 0 Å². The van der Waals surface area contributed by atoms with Gasteiger partial charge in [-0.3, -0.25) is 0 Å². The minimum atomic E-state index is 0.171. The normalized spacial score (nSPS) is 21.6. The Morgan fingerprint density at radius 2 is 1.52 bits per heavy atom. The van der Waals surface area contributed by atoms with Crippen molar-refractivity contribution in [1.29, 1.82) is 0 Å². The van der Waals surface area contributed by atoms with Crippen LogP contribution in [0.1, 0.15) is 23.1 Å². The molecule has 0 unspecified atom stereocenters. The van der Waals surface area contributed by atoms with E-state index in [2.05, 4.69) is 84.2 Å². The molecule has 4 rings (SSSR count). The van der Waals surface area contributed by atoms with Gasteiger partial charge >= 0.3 is 0 Å². The van der Waals surface area contributed by atoms with E-state index in [0.717, 1.165) is 0 Å². The molecule has 2 heteroatoms. The summed E-state index contributed by atoms with van der Waals surface area (Å²) < 4.78 is 0.171. The van der Waals surface area contributed by atoms with E-state index in [1.807, 2.05) is 0 Å². The van der Waals surface area contributed by atoms with E-state index < -0.39 is 0 Å². The van der Waals surface area contributed by atoms with Gasteiger partial charge in [0.25, 0.3) is 0 Å². The predicted molar refractivity (Wildman–Crippen MR) is 95.8 cm³/mol. The summed E-state index contributed by atoms with van der Waals surface area (Å²) in [7, 11) is 0. The lowest BCUT2D eigenvalue weighted by molar-refractivity contribution is 0.805. The molecule has 0 atom stereocenters. The third kappa shape index (κ3) is 2.35. The van der Waals surface area contributed by atoms with Crippen molar-refractivity contribution in [3.63, 3.8) is 0 Å². The molecule has 2 aromatic rings. The fourth-order valence-corrected chi connectivity index (χ4v) is 6.81. The molecular formula is C19H18S2. The van der Waals surface area contributed by atoms with Gasteiger partial charge < -0.3 is 0 Å². The first-order valence-electron chi connectivity index (χ1n) is 7.51. The summed E-state index contributed by atoms with van der Waals surface area (Å²) in [5.74, 6) is 2.51. The summed E-state index contributed by atoms with van der Waals surface area (Å²) in [6, 6.07) is 19.8. The Morgan fingerprint density at radius 1 is 0.810 bits per heavy atom. The summed E-state index contributed by atoms with van der Waals surface area (Å²) in [5.41, 5.74) is 6.02. The molecule has 1 heterocycles. The highest BCUT2D eigenvalue weighted by atomic mass is 32.2. The van der Waals surface area contributed by atoms with E-state index in [-0.39, 0.29) is 4.08 Å². The molecule has 1 aliphatic carbocycles. The maximum Gasteiger partial charge on any atom is 0.108 e. The second-order valence-corrected chi connectivity index (χ2v) is 8.43. The standard InChI is InChI=1S/C19H18S2/c1-2-6-15(7-3-1)14-17-11-10-16-8-4-5-9-18(16)19(17)20-12-13-21-19/h1-9,14H,10-13H2/b17-14+. The van der Waals surface area contributed by atoms with Crippen molar-refractivity contribution in [3.05, 3.63) is 76.9 Å². The van der Waals surface area contributed by atoms with E-state index in [1.54, 1.807) is 16.7 Å². The summed E-state index contributed by atoms with van der Waals surface area (Å²) in [6.07, 6.45) is 4.80. The molecule has 2 aromatic carbocycles. The highest BCUT2D eigenvalue weighted by molar-refractivity contribution is 8.20. The van der Waals surface area contributed by atoms with Crippen molar-refractivity contribution in [2.45, 2.75) is 16.9 Å². The summed E-state index contributed by atoms with van der Waals surface area (Å²) in [5, 5.41) is 0. The number of aryl methyl sites for hydroxylation is 1. The first-order chi connectivity index (χ1) is 10.4. The Kier molecular flexibility index (Phi) is 3.60. The number of hydrogen-bond acceptors (Lipinski definition) is 2. The zero-order valence-electron chi connectivity index (χ0n) is 11.9. The van der Waals surface area contributed by atoms with Crippen LogP contribution in [0.5, 0.6) is 0 Å². The molecule has 0 bridgehead atoms. The molecule has 1 saturated heterocycles. The molecule has 0 saturated carbocycles. The van der Waals surface area contributed by atoms with Crippen LogP contribution in [0.25, 0.3) is 6.08 Å². The monoisotopic (exact) mass is 310 g/mol. The van der Waals surface area contributed by atoms with Gasteiger partial charge in [-0.05, 0) is 35.1 Å². The Morgan fingerprint density at radius 3 is 2.33 bits per heavy atom. The fraction of sp³-hybridized carbons (Fsp3) is 0.263. The first kappa shape index (κ1) is 13.5. The summed E-state index contributed by atoms with van der Waals surface area (Å²) >= 11 is 4.26. The lowest BCUT2D eigenvalue weighted by Gasteiger charge is -2.37. The van der Waals surface area contributed by atoms with Crippen LogP contribution in [0.15, 0.2) is 60.2 Å². The van der Waals surface area contributed by atoms with Crippen LogP contribution < -0.4 is 0 Å². The topological polar surface area (TPSA) is 0 Å². The molecular weight excluding hydrogens is 292 g/mol. The van der Waals surface area contributed by atoms with Crippen LogP contribution in [0.2, 0.25) is 0 Å². The number of rotatable bonds is 1. The molecule has 106 valence electrons. The first-order valence-corrected chi connectivity index (χ1v) is 9.48. The van der Waals surface area contributed by atoms with Crippen molar-refractivity contribution in [3.8, 4) is 0 Å². The van der Waals surface area contributed by atoms with E-state index in [4.69, 9.17) is 0 Å². The van der Waals surface area contributed by atoms with Crippen molar-refractivity contribution in [2.24, 2.45) is 0 Å². The van der Waals surface area contributed by atoms with Gasteiger partial charge in [-0.15, -0.1) is 23.5 Å². The minimum Gasteiger partial charge on any atom is -0.134 e. The fourth-order valence-electron chi connectivity index (χ4n) is 3.34. The third-order valence-corrected chi connectivity index (χ3v) is 7.85. The average Bonchev–Trinajstić information content (AvgIpc) is 3.02. The molecule has 0 amide bonds. The third-order valence-electron chi connectivity index (χ3n) is 4.29. The molecule has 0 radical (unpaired) electrons. The maximum atomic E-state index is 2.43. The Labute approximate surface area is 135 Å². The highest BCUT2D eigenvalue weighted by Gasteiger charge is 2.44. The Hall–Kier alpha value is -1.12. The zero-order chi connectivity index (χ0) is 14.1. The van der Waals surface area contributed by atoms with Crippen molar-refractivity contribution in [2.75, 3.05) is 11.5 Å². The van der Waals surface area contributed by atoms with Crippen LogP contribution in [0.3, 0.4) is 0 Å². The lowest BCUT2D eigenvalue weighted by Crippen LogP contribution is -2.24. The number of hydrogen-bond donors (Lipinski definition) is 0. The Bertz CT molecular complexity index is 667. The minimum absolute atomic E-state index is 0.171. The van der Waals surface area contributed by atoms with Crippen molar-refractivity contribution < 1.29 is 0 Å². The second kappa shape index (κ2) is 5.58. The molecule has 0 N–H and O–H groups in total. The molecule has 1 spiro atoms. The van der Waals surface area contributed by atoms with Gasteiger partial charge in [0.1, 0.15) is 4.08 Å². The van der Waals surface area contributed by atoms with E-state index in [9.17, 15) is 0 Å². The van der Waals surface area contributed by atoms with Crippen LogP contribution >= 0.6 is 23.5 Å². The number of fused-ring (bicyclic) bond motifs is 2. The van der Waals surface area contributed by atoms with Crippen LogP contribution in [-0.4, -0.2) is 11.5 Å².